The van der Waals surface area contributed by atoms with Gasteiger partial charge in [-0.25, -0.2) is 0 Å². The number of hydrogen-bond donors (Lipinski definition) is 1. The Hall–Kier alpha value is -0.830. The monoisotopic (exact) mass is 193 g/mol. The molecule has 1 saturated carbocycles. The molecule has 0 radical (unpaired) electrons. The minimum atomic E-state index is 0.167. The van der Waals surface area contributed by atoms with Crippen LogP contribution in [-0.2, 0) is 6.42 Å². The van der Waals surface area contributed by atoms with Gasteiger partial charge in [-0.1, -0.05) is 0 Å². The largest absolute Gasteiger partial charge is 0.325 e. The second-order valence-corrected chi connectivity index (χ2v) is 4.78. The molecule has 1 aromatic heterocycles. The highest BCUT2D eigenvalue weighted by atomic mass is 15.3. The molecule has 1 heterocycles. The van der Waals surface area contributed by atoms with Gasteiger partial charge in [0.2, 0.25) is 0 Å². The fraction of sp³-hybridized carbons (Fsp3) is 0.727. The Morgan fingerprint density at radius 1 is 1.57 bits per heavy atom. The lowest BCUT2D eigenvalue weighted by Gasteiger charge is -2.06. The number of nitrogens with zero attached hydrogens (tertiary/aromatic N) is 2. The molecule has 14 heavy (non-hydrogen) atoms. The SMILES string of the molecule is CC(C)n1cc(CCC2(N)CC2)cn1. The van der Waals surface area contributed by atoms with Crippen LogP contribution in [0.2, 0.25) is 0 Å². The first-order valence-electron chi connectivity index (χ1n) is 5.41. The Labute approximate surface area is 85.3 Å². The Kier molecular flexibility index (Phi) is 2.35. The maximum absolute atomic E-state index is 6.03. The van der Waals surface area contributed by atoms with E-state index >= 15 is 0 Å². The van der Waals surface area contributed by atoms with Crippen LogP contribution in [0.4, 0.5) is 0 Å². The highest BCUT2D eigenvalue weighted by molar-refractivity contribution is 5.08. The van der Waals surface area contributed by atoms with Crippen molar-refractivity contribution in [3.8, 4) is 0 Å². The van der Waals surface area contributed by atoms with E-state index in [2.05, 4.69) is 25.1 Å². The summed E-state index contributed by atoms with van der Waals surface area (Å²) in [4.78, 5) is 0. The molecule has 2 N–H and O–H groups in total. The summed E-state index contributed by atoms with van der Waals surface area (Å²) in [6.45, 7) is 4.28. The maximum Gasteiger partial charge on any atom is 0.0521 e. The quantitative estimate of drug-likeness (QED) is 0.793. The van der Waals surface area contributed by atoms with Crippen LogP contribution in [0.1, 0.15) is 44.7 Å². The van der Waals surface area contributed by atoms with Crippen LogP contribution >= 0.6 is 0 Å². The van der Waals surface area contributed by atoms with Crippen LogP contribution < -0.4 is 5.73 Å². The molecule has 2 rings (SSSR count). The minimum absolute atomic E-state index is 0.167. The maximum atomic E-state index is 6.03. The van der Waals surface area contributed by atoms with Gasteiger partial charge in [0.05, 0.1) is 6.20 Å². The summed E-state index contributed by atoms with van der Waals surface area (Å²) in [5.41, 5.74) is 7.52. The van der Waals surface area contributed by atoms with Gasteiger partial charge in [0.1, 0.15) is 0 Å². The van der Waals surface area contributed by atoms with E-state index in [4.69, 9.17) is 5.73 Å². The van der Waals surface area contributed by atoms with Crippen LogP contribution in [0.5, 0.6) is 0 Å². The fourth-order valence-electron chi connectivity index (χ4n) is 1.59. The number of aromatic nitrogens is 2. The summed E-state index contributed by atoms with van der Waals surface area (Å²) in [5, 5.41) is 4.31. The van der Waals surface area contributed by atoms with Crippen LogP contribution in [0.3, 0.4) is 0 Å². The molecule has 0 saturated heterocycles. The second-order valence-electron chi connectivity index (χ2n) is 4.78. The van der Waals surface area contributed by atoms with Crippen LogP contribution in [-0.4, -0.2) is 15.3 Å². The summed E-state index contributed by atoms with van der Waals surface area (Å²) in [5.74, 6) is 0. The lowest BCUT2D eigenvalue weighted by atomic mass is 10.1. The predicted octanol–water partition coefficient (Wildman–Crippen LogP) is 1.89. The van der Waals surface area contributed by atoms with Gasteiger partial charge in [-0.15, -0.1) is 0 Å². The molecule has 1 aliphatic rings. The molecule has 0 aliphatic heterocycles. The molecule has 0 aromatic carbocycles. The molecular weight excluding hydrogens is 174 g/mol. The molecule has 0 bridgehead atoms. The molecule has 1 aromatic rings. The minimum Gasteiger partial charge on any atom is -0.325 e. The van der Waals surface area contributed by atoms with Crippen molar-refractivity contribution in [3.63, 3.8) is 0 Å². The molecule has 78 valence electrons. The van der Waals surface area contributed by atoms with Crippen LogP contribution in [0.25, 0.3) is 0 Å². The third-order valence-electron chi connectivity index (χ3n) is 2.99. The van der Waals surface area contributed by atoms with Crippen molar-refractivity contribution in [1.82, 2.24) is 9.78 Å². The van der Waals surface area contributed by atoms with Crippen molar-refractivity contribution in [2.24, 2.45) is 5.73 Å². The van der Waals surface area contributed by atoms with Gasteiger partial charge < -0.3 is 5.73 Å². The van der Waals surface area contributed by atoms with E-state index in [0.29, 0.717) is 6.04 Å². The van der Waals surface area contributed by atoms with E-state index in [1.807, 2.05) is 10.9 Å². The predicted molar refractivity (Wildman–Crippen MR) is 57.1 cm³/mol. The van der Waals surface area contributed by atoms with Crippen molar-refractivity contribution >= 4 is 0 Å². The van der Waals surface area contributed by atoms with E-state index < -0.39 is 0 Å². The Balaban J connectivity index is 1.90. The molecule has 0 amide bonds. The van der Waals surface area contributed by atoms with Crippen molar-refractivity contribution in [2.75, 3.05) is 0 Å². The van der Waals surface area contributed by atoms with E-state index in [9.17, 15) is 0 Å². The number of hydrogen-bond acceptors (Lipinski definition) is 2. The number of aryl methyl sites for hydroxylation is 1. The summed E-state index contributed by atoms with van der Waals surface area (Å²) < 4.78 is 2.01. The Morgan fingerprint density at radius 3 is 2.79 bits per heavy atom. The number of nitrogens with two attached hydrogens (primary N) is 1. The fourth-order valence-corrected chi connectivity index (χ4v) is 1.59. The summed E-state index contributed by atoms with van der Waals surface area (Å²) >= 11 is 0. The van der Waals surface area contributed by atoms with Gasteiger partial charge in [-0.2, -0.15) is 5.10 Å². The average Bonchev–Trinajstić information content (AvgIpc) is 2.68. The normalized spacial score (nSPS) is 18.9. The average molecular weight is 193 g/mol. The van der Waals surface area contributed by atoms with E-state index in [1.54, 1.807) is 0 Å². The second kappa shape index (κ2) is 3.39. The zero-order valence-corrected chi connectivity index (χ0v) is 9.03. The van der Waals surface area contributed by atoms with Gasteiger partial charge in [0.25, 0.3) is 0 Å². The van der Waals surface area contributed by atoms with Crippen molar-refractivity contribution in [2.45, 2.75) is 51.1 Å². The first kappa shape index (κ1) is 9.71. The summed E-state index contributed by atoms with van der Waals surface area (Å²) in [7, 11) is 0. The molecule has 3 nitrogen and oxygen atoms in total. The Morgan fingerprint density at radius 2 is 2.29 bits per heavy atom. The van der Waals surface area contributed by atoms with Crippen LogP contribution in [0.15, 0.2) is 12.4 Å². The lowest BCUT2D eigenvalue weighted by molar-refractivity contribution is 0.531. The topological polar surface area (TPSA) is 43.8 Å². The number of rotatable bonds is 4. The molecule has 1 aliphatic carbocycles. The van der Waals surface area contributed by atoms with Crippen molar-refractivity contribution < 1.29 is 0 Å². The highest BCUT2D eigenvalue weighted by Gasteiger charge is 2.37. The molecule has 0 atom stereocenters. The molecule has 0 spiro atoms. The van der Waals surface area contributed by atoms with Gasteiger partial charge in [-0.05, 0) is 45.1 Å². The smallest absolute Gasteiger partial charge is 0.0521 e. The summed E-state index contributed by atoms with van der Waals surface area (Å²) in [6, 6.07) is 0.455. The van der Waals surface area contributed by atoms with Gasteiger partial charge in [0.15, 0.2) is 0 Å². The Bertz CT molecular complexity index is 310. The third-order valence-corrected chi connectivity index (χ3v) is 2.99. The van der Waals surface area contributed by atoms with Crippen LogP contribution in [0, 0.1) is 0 Å². The first-order chi connectivity index (χ1) is 6.59. The summed E-state index contributed by atoms with van der Waals surface area (Å²) in [6.07, 6.45) is 8.68. The van der Waals surface area contributed by atoms with Gasteiger partial charge in [0, 0.05) is 17.8 Å². The molecular formula is C11H19N3. The van der Waals surface area contributed by atoms with E-state index in [1.165, 1.54) is 18.4 Å². The molecule has 1 fully saturated rings. The molecule has 3 heteroatoms. The third kappa shape index (κ3) is 2.15. The van der Waals surface area contributed by atoms with E-state index in [-0.39, 0.29) is 5.54 Å². The first-order valence-corrected chi connectivity index (χ1v) is 5.41. The van der Waals surface area contributed by atoms with Crippen molar-refractivity contribution in [1.29, 1.82) is 0 Å². The zero-order chi connectivity index (χ0) is 10.2. The van der Waals surface area contributed by atoms with E-state index in [0.717, 1.165) is 12.8 Å². The van der Waals surface area contributed by atoms with Gasteiger partial charge in [-0.3, -0.25) is 4.68 Å². The van der Waals surface area contributed by atoms with Crippen molar-refractivity contribution in [3.05, 3.63) is 18.0 Å². The van der Waals surface area contributed by atoms with Gasteiger partial charge >= 0.3 is 0 Å². The zero-order valence-electron chi connectivity index (χ0n) is 9.03. The lowest BCUT2D eigenvalue weighted by Crippen LogP contribution is -2.21. The molecule has 0 unspecified atom stereocenters. The highest BCUT2D eigenvalue weighted by Crippen LogP contribution is 2.36. The standard InChI is InChI=1S/C11H19N3/c1-9(2)14-8-10(7-13-14)3-4-11(12)5-6-11/h7-9H,3-6,12H2,1-2H3.